The maximum absolute atomic E-state index is 12.9. The van der Waals surface area contributed by atoms with Crippen LogP contribution in [0, 0.1) is 0 Å². The van der Waals surface area contributed by atoms with Gasteiger partial charge in [0.25, 0.3) is 0 Å². The van der Waals surface area contributed by atoms with Crippen LogP contribution in [0.2, 0.25) is 0 Å². The molecule has 0 amide bonds. The number of nitrogens with one attached hydrogen (secondary N) is 1. The molecule has 6 nitrogen and oxygen atoms in total. The number of methoxy groups -OCH3 is 2. The fraction of sp³-hybridized carbons (Fsp3) is 0.600. The Kier molecular flexibility index (Phi) is 5.78. The van der Waals surface area contributed by atoms with Crippen molar-refractivity contribution >= 4 is 22.4 Å². The standard InChI is InChI=1S/C15H22N2O4S.ClH/c1-20-14-6-5-13(9-15(14)21-2)22(18,19)17-8-7-11-3-4-12(10-17)16-11;/h5-6,9,11-12,16H,3-4,7-8,10H2,1-2H3;1H. The van der Waals surface area contributed by atoms with Crippen molar-refractivity contribution in [3.8, 4) is 11.5 Å². The van der Waals surface area contributed by atoms with E-state index >= 15 is 0 Å². The first kappa shape index (κ1) is 18.3. The summed E-state index contributed by atoms with van der Waals surface area (Å²) < 4.78 is 37.7. The van der Waals surface area contributed by atoms with Crippen LogP contribution in [-0.2, 0) is 10.0 Å². The van der Waals surface area contributed by atoms with E-state index < -0.39 is 10.0 Å². The lowest BCUT2D eigenvalue weighted by Crippen LogP contribution is -2.39. The fourth-order valence-corrected chi connectivity index (χ4v) is 4.77. The lowest BCUT2D eigenvalue weighted by atomic mass is 10.1. The van der Waals surface area contributed by atoms with E-state index in [9.17, 15) is 8.42 Å². The smallest absolute Gasteiger partial charge is 0.243 e. The van der Waals surface area contributed by atoms with Gasteiger partial charge in [-0.2, -0.15) is 4.31 Å². The Bertz CT molecular complexity index is 653. The molecular formula is C15H23ClN2O4S. The molecule has 23 heavy (non-hydrogen) atoms. The van der Waals surface area contributed by atoms with E-state index in [1.54, 1.807) is 16.4 Å². The zero-order chi connectivity index (χ0) is 15.7. The van der Waals surface area contributed by atoms with E-state index in [2.05, 4.69) is 5.32 Å². The summed E-state index contributed by atoms with van der Waals surface area (Å²) >= 11 is 0. The molecule has 1 aromatic rings. The Morgan fingerprint density at radius 3 is 2.48 bits per heavy atom. The number of hydrogen-bond acceptors (Lipinski definition) is 5. The van der Waals surface area contributed by atoms with Gasteiger partial charge < -0.3 is 14.8 Å². The molecule has 2 aliphatic heterocycles. The van der Waals surface area contributed by atoms with Crippen LogP contribution in [0.5, 0.6) is 11.5 Å². The van der Waals surface area contributed by atoms with Gasteiger partial charge in [-0.3, -0.25) is 0 Å². The molecule has 2 atom stereocenters. The maximum atomic E-state index is 12.9. The predicted octanol–water partition coefficient (Wildman–Crippen LogP) is 1.64. The average Bonchev–Trinajstić information content (AvgIpc) is 2.84. The van der Waals surface area contributed by atoms with Crippen molar-refractivity contribution in [2.75, 3.05) is 27.3 Å². The summed E-state index contributed by atoms with van der Waals surface area (Å²) in [5, 5.41) is 3.50. The maximum Gasteiger partial charge on any atom is 0.243 e. The summed E-state index contributed by atoms with van der Waals surface area (Å²) in [7, 11) is -0.474. The van der Waals surface area contributed by atoms with E-state index in [4.69, 9.17) is 9.47 Å². The van der Waals surface area contributed by atoms with Crippen LogP contribution in [0.3, 0.4) is 0 Å². The van der Waals surface area contributed by atoms with Gasteiger partial charge in [0, 0.05) is 31.2 Å². The summed E-state index contributed by atoms with van der Waals surface area (Å²) in [6, 6.07) is 5.46. The van der Waals surface area contributed by atoms with Crippen LogP contribution in [-0.4, -0.2) is 52.1 Å². The van der Waals surface area contributed by atoms with Gasteiger partial charge in [-0.25, -0.2) is 8.42 Å². The van der Waals surface area contributed by atoms with Gasteiger partial charge >= 0.3 is 0 Å². The average molecular weight is 363 g/mol. The molecule has 0 spiro atoms. The number of nitrogens with zero attached hydrogens (tertiary/aromatic N) is 1. The zero-order valence-electron chi connectivity index (χ0n) is 13.3. The van der Waals surface area contributed by atoms with Crippen molar-refractivity contribution in [2.24, 2.45) is 0 Å². The number of hydrogen-bond donors (Lipinski definition) is 1. The number of rotatable bonds is 4. The molecule has 130 valence electrons. The van der Waals surface area contributed by atoms with Gasteiger partial charge in [0.2, 0.25) is 10.0 Å². The molecule has 8 heteroatoms. The highest BCUT2D eigenvalue weighted by Gasteiger charge is 2.35. The van der Waals surface area contributed by atoms with Crippen molar-refractivity contribution in [3.05, 3.63) is 18.2 Å². The lowest BCUT2D eigenvalue weighted by Gasteiger charge is -2.24. The summed E-state index contributed by atoms with van der Waals surface area (Å²) in [6.45, 7) is 1.10. The van der Waals surface area contributed by atoms with E-state index in [1.807, 2.05) is 0 Å². The van der Waals surface area contributed by atoms with Crippen LogP contribution < -0.4 is 14.8 Å². The molecule has 1 aromatic carbocycles. The van der Waals surface area contributed by atoms with Gasteiger partial charge in [-0.1, -0.05) is 0 Å². The van der Waals surface area contributed by atoms with Crippen molar-refractivity contribution in [3.63, 3.8) is 0 Å². The number of benzene rings is 1. The largest absolute Gasteiger partial charge is 0.493 e. The second-order valence-electron chi connectivity index (χ2n) is 5.81. The van der Waals surface area contributed by atoms with Crippen LogP contribution in [0.1, 0.15) is 19.3 Å². The van der Waals surface area contributed by atoms with Gasteiger partial charge in [-0.05, 0) is 31.4 Å². The van der Waals surface area contributed by atoms with E-state index in [0.717, 1.165) is 19.3 Å². The molecule has 0 aromatic heterocycles. The van der Waals surface area contributed by atoms with Crippen molar-refractivity contribution in [1.82, 2.24) is 9.62 Å². The molecule has 2 fully saturated rings. The topological polar surface area (TPSA) is 67.9 Å². The molecule has 2 unspecified atom stereocenters. The Balaban J connectivity index is 0.00000192. The highest BCUT2D eigenvalue weighted by molar-refractivity contribution is 7.89. The van der Waals surface area contributed by atoms with Crippen LogP contribution >= 0.6 is 12.4 Å². The molecule has 3 rings (SSSR count). The van der Waals surface area contributed by atoms with Crippen LogP contribution in [0.25, 0.3) is 0 Å². The normalized spacial score (nSPS) is 24.6. The molecule has 2 aliphatic rings. The first-order valence-electron chi connectivity index (χ1n) is 7.53. The summed E-state index contributed by atoms with van der Waals surface area (Å²) in [5.41, 5.74) is 0. The highest BCUT2D eigenvalue weighted by atomic mass is 35.5. The molecule has 1 N–H and O–H groups in total. The highest BCUT2D eigenvalue weighted by Crippen LogP contribution is 2.32. The van der Waals surface area contributed by atoms with Gasteiger partial charge in [-0.15, -0.1) is 12.4 Å². The quantitative estimate of drug-likeness (QED) is 0.882. The Morgan fingerprint density at radius 1 is 1.09 bits per heavy atom. The van der Waals surface area contributed by atoms with Gasteiger partial charge in [0.1, 0.15) is 0 Å². The van der Waals surface area contributed by atoms with E-state index in [0.29, 0.717) is 30.6 Å². The minimum Gasteiger partial charge on any atom is -0.493 e. The fourth-order valence-electron chi connectivity index (χ4n) is 3.26. The molecule has 0 aliphatic carbocycles. The third kappa shape index (κ3) is 3.57. The molecular weight excluding hydrogens is 340 g/mol. The van der Waals surface area contributed by atoms with Crippen molar-refractivity contribution < 1.29 is 17.9 Å². The SMILES string of the molecule is COc1ccc(S(=O)(=O)N2CCC3CCC(C2)N3)cc1OC.Cl. The zero-order valence-corrected chi connectivity index (χ0v) is 15.0. The summed E-state index contributed by atoms with van der Waals surface area (Å²) in [4.78, 5) is 0.253. The summed E-state index contributed by atoms with van der Waals surface area (Å²) in [6.07, 6.45) is 3.06. The molecule has 0 saturated carbocycles. The minimum atomic E-state index is -3.51. The monoisotopic (exact) mass is 362 g/mol. The predicted molar refractivity (Wildman–Crippen MR) is 90.1 cm³/mol. The van der Waals surface area contributed by atoms with Crippen LogP contribution in [0.4, 0.5) is 0 Å². The minimum absolute atomic E-state index is 0. The second-order valence-corrected chi connectivity index (χ2v) is 7.74. The van der Waals surface area contributed by atoms with E-state index in [-0.39, 0.29) is 23.3 Å². The van der Waals surface area contributed by atoms with E-state index in [1.165, 1.54) is 20.3 Å². The Hall–Kier alpha value is -1.02. The summed E-state index contributed by atoms with van der Waals surface area (Å²) in [5.74, 6) is 0.955. The Morgan fingerprint density at radius 2 is 1.78 bits per heavy atom. The number of sulfonamides is 1. The van der Waals surface area contributed by atoms with Gasteiger partial charge in [0.15, 0.2) is 11.5 Å². The first-order valence-corrected chi connectivity index (χ1v) is 8.97. The molecule has 0 radical (unpaired) electrons. The number of halogens is 1. The lowest BCUT2D eigenvalue weighted by molar-refractivity contribution is 0.353. The Labute approximate surface area is 143 Å². The van der Waals surface area contributed by atoms with Crippen LogP contribution in [0.15, 0.2) is 23.1 Å². The van der Waals surface area contributed by atoms with Gasteiger partial charge in [0.05, 0.1) is 19.1 Å². The molecule has 2 bridgehead atoms. The second kappa shape index (κ2) is 7.25. The number of fused-ring (bicyclic) bond motifs is 2. The third-order valence-electron chi connectivity index (χ3n) is 4.48. The molecule has 2 heterocycles. The number of ether oxygens (including phenoxy) is 2. The third-order valence-corrected chi connectivity index (χ3v) is 6.34. The van der Waals surface area contributed by atoms with Crippen molar-refractivity contribution in [2.45, 2.75) is 36.2 Å². The van der Waals surface area contributed by atoms with Crippen molar-refractivity contribution in [1.29, 1.82) is 0 Å². The first-order chi connectivity index (χ1) is 10.5. The molecule has 2 saturated heterocycles.